The zero-order valence-electron chi connectivity index (χ0n) is 12.7. The molecule has 0 aliphatic rings. The van der Waals surface area contributed by atoms with Gasteiger partial charge in [0, 0.05) is 16.5 Å². The van der Waals surface area contributed by atoms with Gasteiger partial charge in [-0.05, 0) is 42.0 Å². The van der Waals surface area contributed by atoms with Crippen molar-refractivity contribution in [2.45, 2.75) is 4.90 Å². The summed E-state index contributed by atoms with van der Waals surface area (Å²) in [5.74, 6) is 0.252. The van der Waals surface area contributed by atoms with Gasteiger partial charge in [-0.3, -0.25) is 9.78 Å². The summed E-state index contributed by atoms with van der Waals surface area (Å²) in [5.41, 5.74) is 4.18. The fourth-order valence-electron chi connectivity index (χ4n) is 2.11. The van der Waals surface area contributed by atoms with Crippen LogP contribution in [0.3, 0.4) is 0 Å². The number of benzene rings is 2. The first-order chi connectivity index (χ1) is 11.7. The maximum absolute atomic E-state index is 11.9. The van der Waals surface area contributed by atoms with E-state index in [0.29, 0.717) is 0 Å². The fraction of sp³-hybridized carbons (Fsp3) is 0.0556. The highest BCUT2D eigenvalue weighted by Gasteiger charge is 2.05. The highest BCUT2D eigenvalue weighted by molar-refractivity contribution is 8.00. The Bertz CT molecular complexity index is 874. The quantitative estimate of drug-likeness (QED) is 0.426. The SMILES string of the molecule is O=C(CSc1cccc2cccnc12)N/N=C\c1ccc(O)cc1. The monoisotopic (exact) mass is 337 g/mol. The van der Waals surface area contributed by atoms with Gasteiger partial charge in [-0.1, -0.05) is 18.2 Å². The Balaban J connectivity index is 1.56. The molecule has 1 aromatic heterocycles. The molecule has 0 aliphatic heterocycles. The molecule has 0 atom stereocenters. The van der Waals surface area contributed by atoms with Crippen LogP contribution in [0.25, 0.3) is 10.9 Å². The third-order valence-electron chi connectivity index (χ3n) is 3.25. The molecule has 6 heteroatoms. The molecular weight excluding hydrogens is 322 g/mol. The molecule has 120 valence electrons. The van der Waals surface area contributed by atoms with Gasteiger partial charge in [-0.15, -0.1) is 11.8 Å². The number of phenolic OH excluding ortho intramolecular Hbond substituents is 1. The van der Waals surface area contributed by atoms with E-state index in [2.05, 4.69) is 15.5 Å². The van der Waals surface area contributed by atoms with E-state index in [0.717, 1.165) is 21.4 Å². The van der Waals surface area contributed by atoms with Crippen molar-refractivity contribution in [3.63, 3.8) is 0 Å². The second-order valence-corrected chi connectivity index (χ2v) is 6.02. The van der Waals surface area contributed by atoms with Crippen molar-refractivity contribution in [3.05, 3.63) is 66.4 Å². The Kier molecular flexibility index (Phi) is 5.08. The number of nitrogens with one attached hydrogen (secondary N) is 1. The predicted octanol–water partition coefficient (Wildman–Crippen LogP) is 3.18. The summed E-state index contributed by atoms with van der Waals surface area (Å²) in [6.45, 7) is 0. The number of hydrazone groups is 1. The molecule has 3 aromatic rings. The lowest BCUT2D eigenvalue weighted by Gasteiger charge is -2.04. The lowest BCUT2D eigenvalue weighted by atomic mass is 10.2. The average Bonchev–Trinajstić information content (AvgIpc) is 2.61. The Morgan fingerprint density at radius 2 is 1.96 bits per heavy atom. The zero-order chi connectivity index (χ0) is 16.8. The third-order valence-corrected chi connectivity index (χ3v) is 4.30. The smallest absolute Gasteiger partial charge is 0.250 e. The first-order valence-corrected chi connectivity index (χ1v) is 8.28. The van der Waals surface area contributed by atoms with E-state index in [-0.39, 0.29) is 17.4 Å². The second kappa shape index (κ2) is 7.61. The van der Waals surface area contributed by atoms with Crippen molar-refractivity contribution in [2.24, 2.45) is 5.10 Å². The lowest BCUT2D eigenvalue weighted by molar-refractivity contribution is -0.118. The van der Waals surface area contributed by atoms with Gasteiger partial charge in [0.1, 0.15) is 5.75 Å². The number of para-hydroxylation sites is 1. The lowest BCUT2D eigenvalue weighted by Crippen LogP contribution is -2.19. The molecule has 0 saturated heterocycles. The molecule has 0 saturated carbocycles. The van der Waals surface area contributed by atoms with Gasteiger partial charge in [-0.2, -0.15) is 5.10 Å². The molecule has 0 unspecified atom stereocenters. The number of amides is 1. The summed E-state index contributed by atoms with van der Waals surface area (Å²) in [5, 5.41) is 14.2. The Hall–Kier alpha value is -2.86. The van der Waals surface area contributed by atoms with Crippen molar-refractivity contribution in [1.82, 2.24) is 10.4 Å². The number of fused-ring (bicyclic) bond motifs is 1. The van der Waals surface area contributed by atoms with E-state index in [1.165, 1.54) is 18.0 Å². The molecule has 1 heterocycles. The van der Waals surface area contributed by atoms with E-state index in [9.17, 15) is 9.90 Å². The summed E-state index contributed by atoms with van der Waals surface area (Å²) in [7, 11) is 0. The van der Waals surface area contributed by atoms with Crippen molar-refractivity contribution in [2.75, 3.05) is 5.75 Å². The standard InChI is InChI=1S/C18H15N3O2S/c22-15-8-6-13(7-9-15)11-20-21-17(23)12-24-16-5-1-3-14-4-2-10-19-18(14)16/h1-11,22H,12H2,(H,21,23)/b20-11-. The number of pyridine rings is 1. The summed E-state index contributed by atoms with van der Waals surface area (Å²) in [4.78, 5) is 17.2. The number of aromatic nitrogens is 1. The maximum Gasteiger partial charge on any atom is 0.250 e. The molecular formula is C18H15N3O2S. The minimum atomic E-state index is -0.192. The molecule has 0 fully saturated rings. The van der Waals surface area contributed by atoms with E-state index >= 15 is 0 Å². The molecule has 0 aliphatic carbocycles. The summed E-state index contributed by atoms with van der Waals surface area (Å²) in [6.07, 6.45) is 3.27. The number of nitrogens with zero attached hydrogens (tertiary/aromatic N) is 2. The van der Waals surface area contributed by atoms with Crippen LogP contribution in [-0.4, -0.2) is 28.0 Å². The number of carbonyl (C=O) groups excluding carboxylic acids is 1. The first-order valence-electron chi connectivity index (χ1n) is 7.30. The second-order valence-electron chi connectivity index (χ2n) is 5.00. The van der Waals surface area contributed by atoms with Crippen molar-refractivity contribution in [3.8, 4) is 5.75 Å². The molecule has 0 spiro atoms. The topological polar surface area (TPSA) is 74.6 Å². The maximum atomic E-state index is 11.9. The molecule has 3 rings (SSSR count). The highest BCUT2D eigenvalue weighted by atomic mass is 32.2. The van der Waals surface area contributed by atoms with Crippen LogP contribution in [0.5, 0.6) is 5.75 Å². The largest absolute Gasteiger partial charge is 0.508 e. The number of phenols is 1. The van der Waals surface area contributed by atoms with Gasteiger partial charge < -0.3 is 5.11 Å². The first kappa shape index (κ1) is 16.0. The van der Waals surface area contributed by atoms with Crippen LogP contribution in [0, 0.1) is 0 Å². The number of thioether (sulfide) groups is 1. The number of hydrogen-bond donors (Lipinski definition) is 2. The van der Waals surface area contributed by atoms with Gasteiger partial charge in [0.25, 0.3) is 0 Å². The molecule has 0 bridgehead atoms. The van der Waals surface area contributed by atoms with Gasteiger partial charge in [0.2, 0.25) is 5.91 Å². The zero-order valence-corrected chi connectivity index (χ0v) is 13.5. The molecule has 2 N–H and O–H groups in total. The van der Waals surface area contributed by atoms with Crippen LogP contribution in [0.4, 0.5) is 0 Å². The van der Waals surface area contributed by atoms with Crippen LogP contribution < -0.4 is 5.43 Å². The molecule has 1 amide bonds. The molecule has 5 nitrogen and oxygen atoms in total. The minimum Gasteiger partial charge on any atom is -0.508 e. The van der Waals surface area contributed by atoms with E-state index in [1.807, 2.05) is 30.3 Å². The van der Waals surface area contributed by atoms with E-state index in [1.54, 1.807) is 30.5 Å². The summed E-state index contributed by atoms with van der Waals surface area (Å²) >= 11 is 1.42. The minimum absolute atomic E-state index is 0.191. The average molecular weight is 337 g/mol. The summed E-state index contributed by atoms with van der Waals surface area (Å²) in [6, 6.07) is 16.3. The number of hydrogen-bond acceptors (Lipinski definition) is 5. The van der Waals surface area contributed by atoms with E-state index in [4.69, 9.17) is 0 Å². The fourth-order valence-corrected chi connectivity index (χ4v) is 2.94. The van der Waals surface area contributed by atoms with Crippen LogP contribution in [-0.2, 0) is 4.79 Å². The Morgan fingerprint density at radius 1 is 1.17 bits per heavy atom. The normalized spacial score (nSPS) is 11.0. The van der Waals surface area contributed by atoms with Gasteiger partial charge in [0.05, 0.1) is 17.5 Å². The number of aromatic hydroxyl groups is 1. The van der Waals surface area contributed by atoms with E-state index < -0.39 is 0 Å². The van der Waals surface area contributed by atoms with Crippen molar-refractivity contribution in [1.29, 1.82) is 0 Å². The van der Waals surface area contributed by atoms with Gasteiger partial charge in [0.15, 0.2) is 0 Å². The Morgan fingerprint density at radius 3 is 2.79 bits per heavy atom. The number of rotatable bonds is 5. The molecule has 0 radical (unpaired) electrons. The highest BCUT2D eigenvalue weighted by Crippen LogP contribution is 2.25. The van der Waals surface area contributed by atoms with Crippen LogP contribution in [0.15, 0.2) is 70.8 Å². The van der Waals surface area contributed by atoms with Crippen LogP contribution in [0.1, 0.15) is 5.56 Å². The van der Waals surface area contributed by atoms with Crippen LogP contribution in [0.2, 0.25) is 0 Å². The summed E-state index contributed by atoms with van der Waals surface area (Å²) < 4.78 is 0. The van der Waals surface area contributed by atoms with Crippen molar-refractivity contribution < 1.29 is 9.90 Å². The molecule has 2 aromatic carbocycles. The van der Waals surface area contributed by atoms with Crippen molar-refractivity contribution >= 4 is 34.8 Å². The van der Waals surface area contributed by atoms with Gasteiger partial charge >= 0.3 is 0 Å². The number of carbonyl (C=O) groups is 1. The predicted molar refractivity (Wildman–Crippen MR) is 96.3 cm³/mol. The van der Waals surface area contributed by atoms with Crippen LogP contribution >= 0.6 is 11.8 Å². The molecule has 24 heavy (non-hydrogen) atoms. The third kappa shape index (κ3) is 4.11. The Labute approximate surface area is 143 Å². The van der Waals surface area contributed by atoms with Gasteiger partial charge in [-0.25, -0.2) is 5.43 Å².